The van der Waals surface area contributed by atoms with Crippen LogP contribution < -0.4 is 5.73 Å². The van der Waals surface area contributed by atoms with Crippen molar-refractivity contribution < 1.29 is 14.0 Å². The maximum absolute atomic E-state index is 12.7. The van der Waals surface area contributed by atoms with Crippen molar-refractivity contribution in [3.63, 3.8) is 0 Å². The Kier molecular flexibility index (Phi) is 9.54. The van der Waals surface area contributed by atoms with E-state index in [0.29, 0.717) is 6.54 Å². The monoisotopic (exact) mass is 360 g/mol. The summed E-state index contributed by atoms with van der Waals surface area (Å²) in [6, 6.07) is -0.125. The van der Waals surface area contributed by atoms with E-state index >= 15 is 0 Å². The van der Waals surface area contributed by atoms with Gasteiger partial charge in [-0.2, -0.15) is 0 Å². The van der Waals surface area contributed by atoms with Crippen molar-refractivity contribution >= 4 is 15.1 Å². The zero-order valence-corrected chi connectivity index (χ0v) is 18.5. The molecule has 0 spiro atoms. The number of carbonyl (C=O) groups excluding carboxylic acids is 1. The van der Waals surface area contributed by atoms with Crippen LogP contribution in [0.15, 0.2) is 0 Å². The van der Waals surface area contributed by atoms with Gasteiger partial charge in [-0.25, -0.2) is 4.79 Å². The molecule has 6 heteroatoms. The second kappa shape index (κ2) is 9.78. The smallest absolute Gasteiger partial charge is 0.412 e. The fraction of sp³-hybridized carbons (Fsp3) is 0.944. The van der Waals surface area contributed by atoms with E-state index in [1.807, 2.05) is 27.7 Å². The number of nitrogens with two attached hydrogens (primary N) is 1. The Morgan fingerprint density at radius 3 is 2.08 bits per heavy atom. The fourth-order valence-corrected chi connectivity index (χ4v) is 3.27. The van der Waals surface area contributed by atoms with Crippen LogP contribution in [0.2, 0.25) is 13.1 Å². The quantitative estimate of drug-likeness (QED) is 0.522. The van der Waals surface area contributed by atoms with E-state index < -0.39 is 14.6 Å². The van der Waals surface area contributed by atoms with Gasteiger partial charge in [0.1, 0.15) is 11.8 Å². The number of ether oxygens (including phenoxy) is 1. The van der Waals surface area contributed by atoms with Gasteiger partial charge in [0.25, 0.3) is 0 Å². The summed E-state index contributed by atoms with van der Waals surface area (Å²) >= 11 is 0. The van der Waals surface area contributed by atoms with Gasteiger partial charge in [-0.05, 0) is 65.5 Å². The van der Waals surface area contributed by atoms with E-state index in [0.717, 1.165) is 19.3 Å². The molecule has 1 amide bonds. The lowest BCUT2D eigenvalue weighted by atomic mass is 9.89. The molecule has 0 rings (SSSR count). The van der Waals surface area contributed by atoms with Crippen molar-refractivity contribution in [3.05, 3.63) is 0 Å². The highest BCUT2D eigenvalue weighted by Crippen LogP contribution is 2.24. The van der Waals surface area contributed by atoms with Gasteiger partial charge in [0.05, 0.1) is 0 Å². The van der Waals surface area contributed by atoms with Gasteiger partial charge in [-0.15, -0.1) is 0 Å². The molecule has 0 saturated carbocycles. The highest BCUT2D eigenvalue weighted by molar-refractivity contribution is 6.48. The normalized spacial score (nSPS) is 15.3. The Morgan fingerprint density at radius 2 is 1.71 bits per heavy atom. The van der Waals surface area contributed by atoms with Gasteiger partial charge in [0.15, 0.2) is 9.04 Å². The second-order valence-electron chi connectivity index (χ2n) is 9.20. The first kappa shape index (κ1) is 23.4. The number of hydrogen-bond donors (Lipinski definition) is 1. The Hall–Kier alpha value is -0.593. The number of nitrogens with zero attached hydrogens (tertiary/aromatic N) is 1. The van der Waals surface area contributed by atoms with E-state index in [-0.39, 0.29) is 23.8 Å². The van der Waals surface area contributed by atoms with Crippen LogP contribution in [-0.4, -0.2) is 44.4 Å². The number of amides is 1. The van der Waals surface area contributed by atoms with Crippen molar-refractivity contribution in [3.8, 4) is 0 Å². The first-order chi connectivity index (χ1) is 10.7. The zero-order valence-electron chi connectivity index (χ0n) is 17.3. The third-order valence-electron chi connectivity index (χ3n) is 3.27. The largest absolute Gasteiger partial charge is 0.444 e. The molecule has 0 aliphatic heterocycles. The lowest BCUT2D eigenvalue weighted by Crippen LogP contribution is -2.50. The molecule has 0 heterocycles. The SMILES string of the molecule is CC(N)CN(C(=O)OC(C)(C)C)[C@@H](CCCC(C)(C)C)O[SiH](C)C. The van der Waals surface area contributed by atoms with E-state index in [4.69, 9.17) is 14.9 Å². The summed E-state index contributed by atoms with van der Waals surface area (Å²) in [7, 11) is -1.30. The van der Waals surface area contributed by atoms with Crippen molar-refractivity contribution in [2.75, 3.05) is 6.54 Å². The first-order valence-corrected chi connectivity index (χ1v) is 11.9. The van der Waals surface area contributed by atoms with Gasteiger partial charge in [-0.3, -0.25) is 4.90 Å². The number of carbonyl (C=O) groups is 1. The van der Waals surface area contributed by atoms with E-state index in [2.05, 4.69) is 33.9 Å². The molecular formula is C18H40N2O3Si. The minimum Gasteiger partial charge on any atom is -0.444 e. The molecular weight excluding hydrogens is 320 g/mol. The predicted octanol–water partition coefficient (Wildman–Crippen LogP) is 4.11. The summed E-state index contributed by atoms with van der Waals surface area (Å²) in [5, 5.41) is 0. The van der Waals surface area contributed by atoms with E-state index in [1.54, 1.807) is 4.90 Å². The molecule has 2 atom stereocenters. The van der Waals surface area contributed by atoms with Crippen LogP contribution in [0.4, 0.5) is 4.79 Å². The van der Waals surface area contributed by atoms with Gasteiger partial charge < -0.3 is 14.9 Å². The fourth-order valence-electron chi connectivity index (χ4n) is 2.36. The predicted molar refractivity (Wildman–Crippen MR) is 104 cm³/mol. The highest BCUT2D eigenvalue weighted by Gasteiger charge is 2.30. The van der Waals surface area contributed by atoms with Crippen LogP contribution in [0.25, 0.3) is 0 Å². The molecule has 0 aromatic carbocycles. The summed E-state index contributed by atoms with van der Waals surface area (Å²) in [6.07, 6.45) is 2.32. The molecule has 0 aromatic heterocycles. The van der Waals surface area contributed by atoms with Crippen molar-refractivity contribution in [2.24, 2.45) is 11.1 Å². The summed E-state index contributed by atoms with van der Waals surface area (Å²) in [5.41, 5.74) is 5.71. The minimum absolute atomic E-state index is 0.125. The number of rotatable bonds is 8. The molecule has 24 heavy (non-hydrogen) atoms. The maximum Gasteiger partial charge on any atom is 0.412 e. The average Bonchev–Trinajstić information content (AvgIpc) is 2.30. The van der Waals surface area contributed by atoms with Gasteiger partial charge in [-0.1, -0.05) is 20.8 Å². The molecule has 0 aromatic rings. The topological polar surface area (TPSA) is 64.8 Å². The first-order valence-electron chi connectivity index (χ1n) is 9.12. The Balaban J connectivity index is 5.14. The lowest BCUT2D eigenvalue weighted by molar-refractivity contribution is -0.0265. The minimum atomic E-state index is -1.30. The molecule has 5 nitrogen and oxygen atoms in total. The molecule has 1 unspecified atom stereocenters. The third kappa shape index (κ3) is 11.9. The standard InChI is InChI=1S/C18H40N2O3Si/c1-14(19)13-20(16(21)22-18(5,6)7)15(23-24(8)9)11-10-12-17(2,3)4/h14-15,24H,10-13,19H2,1-9H3/t14?,15-/m1/s1. The van der Waals surface area contributed by atoms with Gasteiger partial charge in [0, 0.05) is 12.6 Å². The summed E-state index contributed by atoms with van der Waals surface area (Å²) < 4.78 is 11.7. The Morgan fingerprint density at radius 1 is 1.17 bits per heavy atom. The average molecular weight is 361 g/mol. The third-order valence-corrected chi connectivity index (χ3v) is 4.13. The van der Waals surface area contributed by atoms with Crippen LogP contribution >= 0.6 is 0 Å². The molecule has 0 bridgehead atoms. The maximum atomic E-state index is 12.7. The van der Waals surface area contributed by atoms with Crippen LogP contribution in [0.5, 0.6) is 0 Å². The van der Waals surface area contributed by atoms with Crippen molar-refractivity contribution in [1.29, 1.82) is 0 Å². The summed E-state index contributed by atoms with van der Waals surface area (Å²) in [5.74, 6) is 0. The Labute approximate surface area is 151 Å². The van der Waals surface area contributed by atoms with E-state index in [1.165, 1.54) is 0 Å². The lowest BCUT2D eigenvalue weighted by Gasteiger charge is -2.36. The van der Waals surface area contributed by atoms with Crippen LogP contribution in [-0.2, 0) is 9.16 Å². The molecule has 144 valence electrons. The van der Waals surface area contributed by atoms with Crippen LogP contribution in [0.1, 0.15) is 67.7 Å². The van der Waals surface area contributed by atoms with Gasteiger partial charge in [0.2, 0.25) is 0 Å². The van der Waals surface area contributed by atoms with Gasteiger partial charge >= 0.3 is 6.09 Å². The molecule has 0 radical (unpaired) electrons. The highest BCUT2D eigenvalue weighted by atomic mass is 28.3. The second-order valence-corrected chi connectivity index (χ2v) is 11.6. The van der Waals surface area contributed by atoms with E-state index in [9.17, 15) is 4.79 Å². The summed E-state index contributed by atoms with van der Waals surface area (Å²) in [6.45, 7) is 18.9. The summed E-state index contributed by atoms with van der Waals surface area (Å²) in [4.78, 5) is 14.3. The molecule has 0 saturated heterocycles. The molecule has 0 aliphatic carbocycles. The van der Waals surface area contributed by atoms with Crippen molar-refractivity contribution in [2.45, 2.75) is 98.7 Å². The molecule has 0 aliphatic rings. The molecule has 0 fully saturated rings. The van der Waals surface area contributed by atoms with Crippen molar-refractivity contribution in [1.82, 2.24) is 4.90 Å². The van der Waals surface area contributed by atoms with Crippen LogP contribution in [0, 0.1) is 5.41 Å². The molecule has 2 N–H and O–H groups in total. The Bertz CT molecular complexity index is 373. The zero-order chi connectivity index (χ0) is 19.1. The number of hydrogen-bond acceptors (Lipinski definition) is 4. The van der Waals surface area contributed by atoms with Crippen LogP contribution in [0.3, 0.4) is 0 Å².